The van der Waals surface area contributed by atoms with E-state index in [1.54, 1.807) is 6.07 Å². The number of rotatable bonds is 3. The Morgan fingerprint density at radius 3 is 2.70 bits per heavy atom. The lowest BCUT2D eigenvalue weighted by Crippen LogP contribution is -2.27. The number of nitro groups is 1. The minimum atomic E-state index is -3.01. The van der Waals surface area contributed by atoms with Gasteiger partial charge in [-0.3, -0.25) is 10.1 Å². The average molecular weight is 300 g/mol. The molecule has 0 spiro atoms. The fourth-order valence-corrected chi connectivity index (χ4v) is 3.57. The Balaban J connectivity index is 2.30. The minimum absolute atomic E-state index is 0.0643. The van der Waals surface area contributed by atoms with Gasteiger partial charge >= 0.3 is 0 Å². The van der Waals surface area contributed by atoms with Gasteiger partial charge in [-0.25, -0.2) is 8.42 Å². The molecule has 8 heteroatoms. The fraction of sp³-hybridized carbons (Fsp3) is 0.500. The van der Waals surface area contributed by atoms with E-state index in [2.05, 4.69) is 0 Å². The van der Waals surface area contributed by atoms with Crippen molar-refractivity contribution in [1.29, 1.82) is 0 Å². The molecular formula is C12H16N2O5S. The molecule has 1 aliphatic heterocycles. The number of aliphatic hydroxyl groups is 1. The molecule has 1 aliphatic rings. The maximum atomic E-state index is 11.6. The molecule has 0 radical (unpaired) electrons. The van der Waals surface area contributed by atoms with E-state index in [1.165, 1.54) is 12.1 Å². The molecule has 0 unspecified atom stereocenters. The number of nitrogens with zero attached hydrogens (tertiary/aromatic N) is 2. The molecule has 0 atom stereocenters. The Labute approximate surface area is 116 Å². The number of anilines is 1. The zero-order valence-electron chi connectivity index (χ0n) is 10.9. The number of non-ortho nitro benzene ring substituents is 1. The number of benzene rings is 1. The summed E-state index contributed by atoms with van der Waals surface area (Å²) in [6.45, 7) is 0.581. The number of hydrogen-bond donors (Lipinski definition) is 1. The Bertz CT molecular complexity index is 614. The van der Waals surface area contributed by atoms with Crippen molar-refractivity contribution in [3.05, 3.63) is 33.9 Å². The summed E-state index contributed by atoms with van der Waals surface area (Å²) in [5.74, 6) is 0.222. The van der Waals surface area contributed by atoms with Crippen molar-refractivity contribution >= 4 is 21.2 Å². The molecule has 1 saturated heterocycles. The van der Waals surface area contributed by atoms with E-state index in [1.807, 2.05) is 4.90 Å². The van der Waals surface area contributed by atoms with Gasteiger partial charge in [-0.15, -0.1) is 0 Å². The number of hydrogen-bond acceptors (Lipinski definition) is 6. The zero-order valence-corrected chi connectivity index (χ0v) is 11.7. The monoisotopic (exact) mass is 300 g/mol. The topological polar surface area (TPSA) is 101 Å². The van der Waals surface area contributed by atoms with Gasteiger partial charge in [0.1, 0.15) is 0 Å². The van der Waals surface area contributed by atoms with Crippen molar-refractivity contribution in [3.8, 4) is 0 Å². The normalized spacial score (nSPS) is 18.6. The van der Waals surface area contributed by atoms with Gasteiger partial charge in [0.2, 0.25) is 0 Å². The molecule has 2 rings (SSSR count). The third-order valence-electron chi connectivity index (χ3n) is 3.34. The molecule has 0 bridgehead atoms. The molecule has 1 aromatic carbocycles. The van der Waals surface area contributed by atoms with Gasteiger partial charge in [0.25, 0.3) is 5.69 Å². The predicted octanol–water partition coefficient (Wildman–Crippen LogP) is 0.712. The van der Waals surface area contributed by atoms with Crippen LogP contribution >= 0.6 is 0 Å². The molecule has 0 aliphatic carbocycles. The molecule has 0 amide bonds. The first-order valence-electron chi connectivity index (χ1n) is 6.26. The van der Waals surface area contributed by atoms with Crippen LogP contribution < -0.4 is 4.90 Å². The SMILES string of the molecule is O=[N+]([O-])c1ccc(N2CCCS(=O)(=O)CC2)c(CO)c1. The summed E-state index contributed by atoms with van der Waals surface area (Å²) < 4.78 is 23.2. The summed E-state index contributed by atoms with van der Waals surface area (Å²) in [7, 11) is -3.01. The van der Waals surface area contributed by atoms with E-state index in [9.17, 15) is 23.6 Å². The van der Waals surface area contributed by atoms with Gasteiger partial charge in [0.15, 0.2) is 9.84 Å². The van der Waals surface area contributed by atoms with Crippen LogP contribution in [0.5, 0.6) is 0 Å². The number of sulfone groups is 1. The Hall–Kier alpha value is -1.67. The maximum Gasteiger partial charge on any atom is 0.269 e. The standard InChI is InChI=1S/C12H16N2O5S/c15-9-10-8-11(14(16)17)2-3-12(10)13-4-1-6-20(18,19)7-5-13/h2-3,8,15H,1,4-7,9H2. The molecule has 0 saturated carbocycles. The van der Waals surface area contributed by atoms with Crippen LogP contribution in [0.15, 0.2) is 18.2 Å². The molecule has 1 heterocycles. The van der Waals surface area contributed by atoms with E-state index >= 15 is 0 Å². The Morgan fingerprint density at radius 2 is 2.05 bits per heavy atom. The molecule has 1 aromatic rings. The van der Waals surface area contributed by atoms with Gasteiger partial charge in [0.05, 0.1) is 23.0 Å². The van der Waals surface area contributed by atoms with Crippen LogP contribution in [0.4, 0.5) is 11.4 Å². The highest BCUT2D eigenvalue weighted by Gasteiger charge is 2.21. The molecule has 110 valence electrons. The second-order valence-corrected chi connectivity index (χ2v) is 7.02. The summed E-state index contributed by atoms with van der Waals surface area (Å²) in [4.78, 5) is 12.1. The molecule has 0 aromatic heterocycles. The van der Waals surface area contributed by atoms with Crippen molar-refractivity contribution < 1.29 is 18.4 Å². The molecule has 1 fully saturated rings. The highest BCUT2D eigenvalue weighted by molar-refractivity contribution is 7.91. The highest BCUT2D eigenvalue weighted by Crippen LogP contribution is 2.26. The van der Waals surface area contributed by atoms with E-state index in [4.69, 9.17) is 0 Å². The number of nitro benzene ring substituents is 1. The third-order valence-corrected chi connectivity index (χ3v) is 5.06. The van der Waals surface area contributed by atoms with Gasteiger partial charge in [-0.1, -0.05) is 0 Å². The van der Waals surface area contributed by atoms with Crippen LogP contribution in [0.1, 0.15) is 12.0 Å². The van der Waals surface area contributed by atoms with Gasteiger partial charge in [-0.05, 0) is 12.5 Å². The molecule has 20 heavy (non-hydrogen) atoms. The smallest absolute Gasteiger partial charge is 0.269 e. The van der Waals surface area contributed by atoms with Crippen molar-refractivity contribution in [3.63, 3.8) is 0 Å². The largest absolute Gasteiger partial charge is 0.392 e. The second-order valence-electron chi connectivity index (χ2n) is 4.72. The Kier molecular flexibility index (Phi) is 4.24. The van der Waals surface area contributed by atoms with Crippen LogP contribution in [-0.4, -0.2) is 43.0 Å². The summed E-state index contributed by atoms with van der Waals surface area (Å²) in [5, 5.41) is 20.1. The lowest BCUT2D eigenvalue weighted by Gasteiger charge is -2.24. The second kappa shape index (κ2) is 5.76. The fourth-order valence-electron chi connectivity index (χ4n) is 2.30. The van der Waals surface area contributed by atoms with Crippen LogP contribution in [-0.2, 0) is 16.4 Å². The minimum Gasteiger partial charge on any atom is -0.392 e. The lowest BCUT2D eigenvalue weighted by molar-refractivity contribution is -0.384. The zero-order chi connectivity index (χ0) is 14.8. The third kappa shape index (κ3) is 3.26. The summed E-state index contributed by atoms with van der Waals surface area (Å²) in [5.41, 5.74) is 1.02. The highest BCUT2D eigenvalue weighted by atomic mass is 32.2. The first kappa shape index (κ1) is 14.7. The van der Waals surface area contributed by atoms with Gasteiger partial charge in [0, 0.05) is 36.5 Å². The number of aliphatic hydroxyl groups excluding tert-OH is 1. The van der Waals surface area contributed by atoms with Gasteiger partial charge < -0.3 is 10.0 Å². The molecular weight excluding hydrogens is 284 g/mol. The van der Waals surface area contributed by atoms with E-state index in [-0.39, 0.29) is 23.8 Å². The lowest BCUT2D eigenvalue weighted by atomic mass is 10.1. The summed E-state index contributed by atoms with van der Waals surface area (Å²) in [6.07, 6.45) is 0.518. The first-order chi connectivity index (χ1) is 9.43. The average Bonchev–Trinajstić information content (AvgIpc) is 2.59. The van der Waals surface area contributed by atoms with E-state index in [0.717, 1.165) is 0 Å². The van der Waals surface area contributed by atoms with Crippen molar-refractivity contribution in [2.45, 2.75) is 13.0 Å². The summed E-state index contributed by atoms with van der Waals surface area (Å²) in [6, 6.07) is 4.27. The summed E-state index contributed by atoms with van der Waals surface area (Å²) >= 11 is 0. The van der Waals surface area contributed by atoms with E-state index in [0.29, 0.717) is 30.8 Å². The van der Waals surface area contributed by atoms with E-state index < -0.39 is 14.8 Å². The van der Waals surface area contributed by atoms with Crippen LogP contribution in [0, 0.1) is 10.1 Å². The van der Waals surface area contributed by atoms with Gasteiger partial charge in [-0.2, -0.15) is 0 Å². The van der Waals surface area contributed by atoms with Crippen molar-refractivity contribution in [1.82, 2.24) is 0 Å². The van der Waals surface area contributed by atoms with Crippen molar-refractivity contribution in [2.75, 3.05) is 29.5 Å². The quantitative estimate of drug-likeness (QED) is 0.652. The first-order valence-corrected chi connectivity index (χ1v) is 8.08. The van der Waals surface area contributed by atoms with Crippen LogP contribution in [0.3, 0.4) is 0 Å². The predicted molar refractivity (Wildman–Crippen MR) is 74.5 cm³/mol. The molecule has 1 N–H and O–H groups in total. The van der Waals surface area contributed by atoms with Crippen LogP contribution in [0.25, 0.3) is 0 Å². The molecule has 7 nitrogen and oxygen atoms in total. The van der Waals surface area contributed by atoms with Crippen molar-refractivity contribution in [2.24, 2.45) is 0 Å². The van der Waals surface area contributed by atoms with Crippen LogP contribution in [0.2, 0.25) is 0 Å². The maximum absolute atomic E-state index is 11.6. The Morgan fingerprint density at radius 1 is 1.30 bits per heavy atom.